The number of unbranched alkanes of at least 4 members (excludes halogenated alkanes) is 20. The van der Waals surface area contributed by atoms with Gasteiger partial charge in [-0.2, -0.15) is 0 Å². The first kappa shape index (κ1) is 58.6. The molecule has 0 amide bonds. The van der Waals surface area contributed by atoms with Crippen LogP contribution in [0.1, 0.15) is 233 Å². The van der Waals surface area contributed by atoms with Crippen molar-refractivity contribution in [3.05, 3.63) is 85.1 Å². The SMILES string of the molecule is CC/C=C/C/C=C/C/C=C/C/C=C/C/C=C/CCCC(=O)OCC(COC(=O)CC/C=C/C/C=C/CCCCCCCC)OC(=O)CCCCCCCCCCCCCCCC. The van der Waals surface area contributed by atoms with Gasteiger partial charge < -0.3 is 14.2 Å². The third-order valence-corrected chi connectivity index (χ3v) is 10.6. The van der Waals surface area contributed by atoms with Crippen molar-refractivity contribution in [2.45, 2.75) is 239 Å². The van der Waals surface area contributed by atoms with Gasteiger partial charge in [0.2, 0.25) is 0 Å². The third-order valence-electron chi connectivity index (χ3n) is 10.6. The largest absolute Gasteiger partial charge is 0.462 e. The van der Waals surface area contributed by atoms with Crippen LogP contribution in [0.25, 0.3) is 0 Å². The molecule has 0 bridgehead atoms. The van der Waals surface area contributed by atoms with Gasteiger partial charge in [-0.3, -0.25) is 14.4 Å². The number of hydrogen-bond donors (Lipinski definition) is 0. The highest BCUT2D eigenvalue weighted by Gasteiger charge is 2.19. The summed E-state index contributed by atoms with van der Waals surface area (Å²) in [6, 6.07) is 0. The fraction of sp³-hybridized carbons (Fsp3) is 0.696. The van der Waals surface area contributed by atoms with Gasteiger partial charge in [0, 0.05) is 19.3 Å². The molecular formula is C56H94O6. The molecule has 0 aromatic carbocycles. The average Bonchev–Trinajstić information content (AvgIpc) is 3.27. The molecule has 1 atom stereocenters. The van der Waals surface area contributed by atoms with Crippen LogP contribution in [0.4, 0.5) is 0 Å². The lowest BCUT2D eigenvalue weighted by atomic mass is 10.0. The van der Waals surface area contributed by atoms with Gasteiger partial charge in [-0.15, -0.1) is 0 Å². The number of esters is 3. The summed E-state index contributed by atoms with van der Waals surface area (Å²) in [7, 11) is 0. The summed E-state index contributed by atoms with van der Waals surface area (Å²) in [4.78, 5) is 37.9. The minimum Gasteiger partial charge on any atom is -0.462 e. The van der Waals surface area contributed by atoms with E-state index in [2.05, 4.69) is 99.8 Å². The Morgan fingerprint density at radius 1 is 0.339 bits per heavy atom. The second-order valence-electron chi connectivity index (χ2n) is 16.7. The minimum absolute atomic E-state index is 0.122. The molecule has 0 fully saturated rings. The molecule has 0 saturated heterocycles. The Balaban J connectivity index is 4.53. The van der Waals surface area contributed by atoms with Crippen molar-refractivity contribution in [1.29, 1.82) is 0 Å². The van der Waals surface area contributed by atoms with Crippen molar-refractivity contribution in [3.63, 3.8) is 0 Å². The predicted octanol–water partition coefficient (Wildman–Crippen LogP) is 16.8. The topological polar surface area (TPSA) is 78.9 Å². The first-order valence-corrected chi connectivity index (χ1v) is 25.6. The highest BCUT2D eigenvalue weighted by molar-refractivity contribution is 5.71. The molecule has 0 aliphatic heterocycles. The standard InChI is InChI=1S/C56H94O6/c1-4-7-10-13-16-19-22-25-27-28-29-32-34-37-40-43-46-49-55(58)61-52-53(51-60-54(57)48-45-42-39-36-33-30-24-21-18-15-12-9-6-3)62-56(59)50-47-44-41-38-35-31-26-23-20-17-14-11-8-5-2/h7,10,16,19,25,27,29-30,32-33,37,39-40,42,53H,4-6,8-9,11-15,17-18,20-24,26,28,31,34-36,38,41,43-52H2,1-3H3/b10-7+,19-16+,27-25+,32-29+,33-30+,40-37+,42-39+. The summed E-state index contributed by atoms with van der Waals surface area (Å²) in [6.07, 6.45) is 64.4. The van der Waals surface area contributed by atoms with Crippen LogP contribution < -0.4 is 0 Å². The molecule has 0 radical (unpaired) electrons. The molecule has 0 aliphatic rings. The van der Waals surface area contributed by atoms with Crippen LogP contribution in [-0.4, -0.2) is 37.2 Å². The number of carbonyl (C=O) groups excluding carboxylic acids is 3. The maximum absolute atomic E-state index is 12.8. The van der Waals surface area contributed by atoms with Crippen LogP contribution in [0.3, 0.4) is 0 Å². The quantitative estimate of drug-likeness (QED) is 0.0263. The van der Waals surface area contributed by atoms with E-state index < -0.39 is 6.10 Å². The number of allylic oxidation sites excluding steroid dienone is 14. The van der Waals surface area contributed by atoms with Crippen molar-refractivity contribution in [1.82, 2.24) is 0 Å². The van der Waals surface area contributed by atoms with E-state index in [9.17, 15) is 14.4 Å². The normalized spacial score (nSPS) is 12.8. The van der Waals surface area contributed by atoms with Crippen LogP contribution >= 0.6 is 0 Å². The first-order chi connectivity index (χ1) is 30.5. The molecule has 6 nitrogen and oxygen atoms in total. The summed E-state index contributed by atoms with van der Waals surface area (Å²) in [5, 5.41) is 0. The Morgan fingerprint density at radius 2 is 0.677 bits per heavy atom. The Bertz CT molecular complexity index is 1220. The molecule has 354 valence electrons. The van der Waals surface area contributed by atoms with Gasteiger partial charge in [-0.25, -0.2) is 0 Å². The molecule has 0 aromatic heterocycles. The predicted molar refractivity (Wildman–Crippen MR) is 265 cm³/mol. The van der Waals surface area contributed by atoms with E-state index in [4.69, 9.17) is 14.2 Å². The Kier molecular flexibility index (Phi) is 47.5. The zero-order chi connectivity index (χ0) is 45.1. The van der Waals surface area contributed by atoms with Crippen molar-refractivity contribution in [2.75, 3.05) is 13.2 Å². The maximum atomic E-state index is 12.8. The van der Waals surface area contributed by atoms with E-state index in [1.165, 1.54) is 109 Å². The molecule has 0 spiro atoms. The number of hydrogen-bond acceptors (Lipinski definition) is 6. The smallest absolute Gasteiger partial charge is 0.306 e. The van der Waals surface area contributed by atoms with Crippen LogP contribution in [-0.2, 0) is 28.6 Å². The van der Waals surface area contributed by atoms with Gasteiger partial charge in [0.05, 0.1) is 0 Å². The lowest BCUT2D eigenvalue weighted by Gasteiger charge is -2.18. The van der Waals surface area contributed by atoms with Crippen molar-refractivity contribution in [3.8, 4) is 0 Å². The Labute approximate surface area is 382 Å². The molecule has 6 heteroatoms. The molecule has 1 unspecified atom stereocenters. The molecule has 0 aliphatic carbocycles. The summed E-state index contributed by atoms with van der Waals surface area (Å²) in [5.41, 5.74) is 0. The monoisotopic (exact) mass is 863 g/mol. The number of ether oxygens (including phenoxy) is 3. The van der Waals surface area contributed by atoms with Gasteiger partial charge in [0.25, 0.3) is 0 Å². The van der Waals surface area contributed by atoms with Gasteiger partial charge >= 0.3 is 17.9 Å². The van der Waals surface area contributed by atoms with E-state index in [1.54, 1.807) is 0 Å². The fourth-order valence-electron chi connectivity index (χ4n) is 6.82. The Hall–Kier alpha value is -3.41. The zero-order valence-corrected chi connectivity index (χ0v) is 40.4. The number of carbonyl (C=O) groups is 3. The molecule has 0 N–H and O–H groups in total. The summed E-state index contributed by atoms with van der Waals surface area (Å²) < 4.78 is 16.7. The van der Waals surface area contributed by atoms with Crippen LogP contribution in [0.15, 0.2) is 85.1 Å². The minimum atomic E-state index is -0.819. The molecule has 0 heterocycles. The molecule has 62 heavy (non-hydrogen) atoms. The highest BCUT2D eigenvalue weighted by atomic mass is 16.6. The lowest BCUT2D eigenvalue weighted by molar-refractivity contribution is -0.166. The van der Waals surface area contributed by atoms with E-state index in [0.29, 0.717) is 19.3 Å². The van der Waals surface area contributed by atoms with Crippen molar-refractivity contribution in [2.24, 2.45) is 0 Å². The lowest BCUT2D eigenvalue weighted by Crippen LogP contribution is -2.30. The van der Waals surface area contributed by atoms with Crippen molar-refractivity contribution < 1.29 is 28.6 Å². The number of rotatable bonds is 45. The summed E-state index contributed by atoms with van der Waals surface area (Å²) in [5.74, 6) is -1.04. The second-order valence-corrected chi connectivity index (χ2v) is 16.7. The molecular weight excluding hydrogens is 769 g/mol. The molecule has 0 rings (SSSR count). The second kappa shape index (κ2) is 50.2. The van der Waals surface area contributed by atoms with E-state index >= 15 is 0 Å². The zero-order valence-electron chi connectivity index (χ0n) is 40.4. The van der Waals surface area contributed by atoms with Crippen LogP contribution in [0, 0.1) is 0 Å². The third kappa shape index (κ3) is 47.6. The van der Waals surface area contributed by atoms with Gasteiger partial charge in [-0.1, -0.05) is 221 Å². The van der Waals surface area contributed by atoms with Gasteiger partial charge in [0.1, 0.15) is 13.2 Å². The molecule has 0 aromatic rings. The van der Waals surface area contributed by atoms with Crippen LogP contribution in [0.2, 0.25) is 0 Å². The van der Waals surface area contributed by atoms with E-state index in [-0.39, 0.29) is 44.0 Å². The Morgan fingerprint density at radius 3 is 1.13 bits per heavy atom. The van der Waals surface area contributed by atoms with Crippen molar-refractivity contribution >= 4 is 17.9 Å². The fourth-order valence-corrected chi connectivity index (χ4v) is 6.82. The molecule has 0 saturated carbocycles. The van der Waals surface area contributed by atoms with E-state index in [1.807, 2.05) is 6.08 Å². The van der Waals surface area contributed by atoms with Gasteiger partial charge in [0.15, 0.2) is 6.10 Å². The summed E-state index contributed by atoms with van der Waals surface area (Å²) >= 11 is 0. The van der Waals surface area contributed by atoms with E-state index in [0.717, 1.165) is 70.6 Å². The maximum Gasteiger partial charge on any atom is 0.306 e. The summed E-state index contributed by atoms with van der Waals surface area (Å²) in [6.45, 7) is 6.41. The van der Waals surface area contributed by atoms with Crippen LogP contribution in [0.5, 0.6) is 0 Å². The average molecular weight is 863 g/mol. The highest BCUT2D eigenvalue weighted by Crippen LogP contribution is 2.14. The van der Waals surface area contributed by atoms with Gasteiger partial charge in [-0.05, 0) is 77.0 Å². The first-order valence-electron chi connectivity index (χ1n) is 25.6.